The highest BCUT2D eigenvalue weighted by Gasteiger charge is 2.25. The third kappa shape index (κ3) is 2.60. The predicted molar refractivity (Wildman–Crippen MR) is 91.2 cm³/mol. The average molecular weight is 304 g/mol. The molecule has 0 N–H and O–H groups in total. The molecule has 0 bridgehead atoms. The van der Waals surface area contributed by atoms with E-state index in [0.29, 0.717) is 0 Å². The van der Waals surface area contributed by atoms with E-state index < -0.39 is 0 Å². The normalized spacial score (nSPS) is 20.4. The molecule has 1 aliphatic heterocycles. The van der Waals surface area contributed by atoms with Crippen LogP contribution in [0.4, 0.5) is 0 Å². The fourth-order valence-corrected chi connectivity index (χ4v) is 3.62. The fraction of sp³-hybridized carbons (Fsp3) is 0.158. The molecule has 108 valence electrons. The van der Waals surface area contributed by atoms with Crippen molar-refractivity contribution in [2.45, 2.75) is 18.5 Å². The Hall–Kier alpha value is -2.26. The summed E-state index contributed by atoms with van der Waals surface area (Å²) in [4.78, 5) is 1.31. The number of azo groups is 1. The highest BCUT2D eigenvalue weighted by Crippen LogP contribution is 2.40. The summed E-state index contributed by atoms with van der Waals surface area (Å²) in [5, 5.41) is 11.0. The van der Waals surface area contributed by atoms with Crippen LogP contribution in [0.2, 0.25) is 0 Å². The zero-order valence-electron chi connectivity index (χ0n) is 12.1. The van der Waals surface area contributed by atoms with Crippen molar-refractivity contribution in [1.29, 1.82) is 0 Å². The molecule has 1 aromatic heterocycles. The minimum atomic E-state index is 0.192. The highest BCUT2D eigenvalue weighted by molar-refractivity contribution is 7.10. The largest absolute Gasteiger partial charge is 0.185 e. The van der Waals surface area contributed by atoms with Gasteiger partial charge in [-0.15, -0.1) is 11.3 Å². The summed E-state index contributed by atoms with van der Waals surface area (Å²) in [5.41, 5.74) is 3.75. The SMILES string of the molecule is c1ccc(-c2ccc(C3CC(c4cccs4)N=N3)cc2)cc1. The van der Waals surface area contributed by atoms with Crippen LogP contribution < -0.4 is 0 Å². The molecule has 0 saturated carbocycles. The number of thiophene rings is 1. The van der Waals surface area contributed by atoms with Gasteiger partial charge in [0.1, 0.15) is 6.04 Å². The van der Waals surface area contributed by atoms with Crippen molar-refractivity contribution >= 4 is 11.3 Å². The van der Waals surface area contributed by atoms with E-state index in [1.54, 1.807) is 11.3 Å². The lowest BCUT2D eigenvalue weighted by Crippen LogP contribution is -1.95. The summed E-state index contributed by atoms with van der Waals surface area (Å²) in [5.74, 6) is 0. The molecule has 0 fully saturated rings. The Morgan fingerprint density at radius 3 is 2.18 bits per heavy atom. The van der Waals surface area contributed by atoms with E-state index in [1.165, 1.54) is 21.6 Å². The van der Waals surface area contributed by atoms with Crippen LogP contribution >= 0.6 is 11.3 Å². The Bertz CT molecular complexity index is 761. The molecule has 0 aliphatic carbocycles. The van der Waals surface area contributed by atoms with Crippen molar-refractivity contribution in [2.24, 2.45) is 10.2 Å². The molecule has 2 atom stereocenters. The third-order valence-electron chi connectivity index (χ3n) is 4.07. The van der Waals surface area contributed by atoms with E-state index in [9.17, 15) is 0 Å². The van der Waals surface area contributed by atoms with Crippen molar-refractivity contribution in [3.05, 3.63) is 82.6 Å². The van der Waals surface area contributed by atoms with E-state index in [-0.39, 0.29) is 12.1 Å². The van der Waals surface area contributed by atoms with E-state index in [0.717, 1.165) is 6.42 Å². The number of nitrogens with zero attached hydrogens (tertiary/aromatic N) is 2. The molecule has 3 aromatic rings. The van der Waals surface area contributed by atoms with Gasteiger partial charge in [-0.3, -0.25) is 0 Å². The maximum atomic E-state index is 4.48. The van der Waals surface area contributed by atoms with Gasteiger partial charge in [0.05, 0.1) is 6.04 Å². The Morgan fingerprint density at radius 2 is 1.45 bits per heavy atom. The first-order chi connectivity index (χ1) is 10.9. The van der Waals surface area contributed by atoms with Gasteiger partial charge in [0.2, 0.25) is 0 Å². The zero-order chi connectivity index (χ0) is 14.8. The Morgan fingerprint density at radius 1 is 0.727 bits per heavy atom. The summed E-state index contributed by atoms with van der Waals surface area (Å²) < 4.78 is 0. The molecule has 1 aliphatic rings. The van der Waals surface area contributed by atoms with Crippen LogP contribution in [0, 0.1) is 0 Å². The van der Waals surface area contributed by atoms with Crippen LogP contribution in [0.5, 0.6) is 0 Å². The van der Waals surface area contributed by atoms with E-state index in [1.807, 2.05) is 6.07 Å². The summed E-state index contributed by atoms with van der Waals surface area (Å²) >= 11 is 1.76. The molecule has 2 unspecified atom stereocenters. The second kappa shape index (κ2) is 5.85. The minimum absolute atomic E-state index is 0.192. The third-order valence-corrected chi connectivity index (χ3v) is 5.04. The quantitative estimate of drug-likeness (QED) is 0.562. The van der Waals surface area contributed by atoms with Crippen molar-refractivity contribution in [3.8, 4) is 11.1 Å². The first-order valence-corrected chi connectivity index (χ1v) is 8.37. The van der Waals surface area contributed by atoms with Gasteiger partial charge in [0.25, 0.3) is 0 Å². The van der Waals surface area contributed by atoms with Gasteiger partial charge >= 0.3 is 0 Å². The summed E-state index contributed by atoms with van der Waals surface area (Å²) in [7, 11) is 0. The molecule has 0 spiro atoms. The number of hydrogen-bond donors (Lipinski definition) is 0. The van der Waals surface area contributed by atoms with Gasteiger partial charge in [-0.2, -0.15) is 10.2 Å². The smallest absolute Gasteiger partial charge is 0.107 e. The Labute approximate surface area is 134 Å². The number of hydrogen-bond acceptors (Lipinski definition) is 3. The highest BCUT2D eigenvalue weighted by atomic mass is 32.1. The molecule has 0 radical (unpaired) electrons. The van der Waals surface area contributed by atoms with Gasteiger partial charge in [0.15, 0.2) is 0 Å². The predicted octanol–water partition coefficient (Wildman–Crippen LogP) is 6.05. The van der Waals surface area contributed by atoms with Crippen molar-refractivity contribution in [3.63, 3.8) is 0 Å². The molecule has 2 nitrogen and oxygen atoms in total. The topological polar surface area (TPSA) is 24.7 Å². The van der Waals surface area contributed by atoms with E-state index >= 15 is 0 Å². The van der Waals surface area contributed by atoms with Crippen LogP contribution in [-0.4, -0.2) is 0 Å². The maximum absolute atomic E-state index is 4.48. The van der Waals surface area contributed by atoms with E-state index in [2.05, 4.69) is 76.3 Å². The summed E-state index contributed by atoms with van der Waals surface area (Å²) in [6, 6.07) is 23.8. The lowest BCUT2D eigenvalue weighted by atomic mass is 9.98. The molecule has 0 saturated heterocycles. The monoisotopic (exact) mass is 304 g/mol. The van der Waals surface area contributed by atoms with Crippen LogP contribution in [0.15, 0.2) is 82.3 Å². The Kier molecular flexibility index (Phi) is 3.57. The second-order valence-corrected chi connectivity index (χ2v) is 6.48. The molecular weight excluding hydrogens is 288 g/mol. The van der Waals surface area contributed by atoms with Crippen LogP contribution in [0.3, 0.4) is 0 Å². The molecule has 2 heterocycles. The first kappa shape index (κ1) is 13.4. The number of benzene rings is 2. The minimum Gasteiger partial charge on any atom is -0.185 e. The van der Waals surface area contributed by atoms with Gasteiger partial charge in [0, 0.05) is 11.3 Å². The molecule has 4 rings (SSSR count). The van der Waals surface area contributed by atoms with Crippen LogP contribution in [0.25, 0.3) is 11.1 Å². The van der Waals surface area contributed by atoms with Crippen LogP contribution in [-0.2, 0) is 0 Å². The average Bonchev–Trinajstić information content (AvgIpc) is 3.27. The van der Waals surface area contributed by atoms with Gasteiger partial charge in [-0.05, 0) is 28.1 Å². The molecular formula is C19H16N2S. The summed E-state index contributed by atoms with van der Waals surface area (Å²) in [6.07, 6.45) is 0.977. The van der Waals surface area contributed by atoms with Gasteiger partial charge in [-0.25, -0.2) is 0 Å². The molecule has 2 aromatic carbocycles. The molecule has 0 amide bonds. The standard InChI is InChI=1S/C19H16N2S/c1-2-5-14(6-3-1)15-8-10-16(11-9-15)17-13-18(21-20-17)19-7-4-12-22-19/h1-12,17-18H,13H2. The summed E-state index contributed by atoms with van der Waals surface area (Å²) in [6.45, 7) is 0. The first-order valence-electron chi connectivity index (χ1n) is 7.49. The van der Waals surface area contributed by atoms with Crippen molar-refractivity contribution in [2.75, 3.05) is 0 Å². The second-order valence-electron chi connectivity index (χ2n) is 5.50. The van der Waals surface area contributed by atoms with Crippen molar-refractivity contribution < 1.29 is 0 Å². The van der Waals surface area contributed by atoms with Gasteiger partial charge in [-0.1, -0.05) is 60.7 Å². The van der Waals surface area contributed by atoms with Crippen LogP contribution in [0.1, 0.15) is 28.9 Å². The van der Waals surface area contributed by atoms with E-state index in [4.69, 9.17) is 0 Å². The van der Waals surface area contributed by atoms with Gasteiger partial charge < -0.3 is 0 Å². The lowest BCUT2D eigenvalue weighted by Gasteiger charge is -2.09. The van der Waals surface area contributed by atoms with Crippen molar-refractivity contribution in [1.82, 2.24) is 0 Å². The maximum Gasteiger partial charge on any atom is 0.107 e. The Balaban J connectivity index is 1.52. The molecule has 3 heteroatoms. The fourth-order valence-electron chi connectivity index (χ4n) is 2.85. The zero-order valence-corrected chi connectivity index (χ0v) is 12.9. The lowest BCUT2D eigenvalue weighted by molar-refractivity contribution is 0.667. The molecule has 22 heavy (non-hydrogen) atoms. The number of rotatable bonds is 3.